The summed E-state index contributed by atoms with van der Waals surface area (Å²) in [4.78, 5) is 18.6. The van der Waals surface area contributed by atoms with Crippen molar-refractivity contribution in [3.63, 3.8) is 0 Å². The molecule has 7 heteroatoms. The van der Waals surface area contributed by atoms with Gasteiger partial charge in [0.25, 0.3) is 0 Å². The lowest BCUT2D eigenvalue weighted by atomic mass is 10.3. The van der Waals surface area contributed by atoms with E-state index in [-0.39, 0.29) is 11.8 Å². The van der Waals surface area contributed by atoms with Crippen molar-refractivity contribution in [2.45, 2.75) is 12.8 Å². The zero-order valence-electron chi connectivity index (χ0n) is 11.7. The maximum Gasteiger partial charge on any atom is 0.228 e. The van der Waals surface area contributed by atoms with Crippen LogP contribution >= 0.6 is 0 Å². The van der Waals surface area contributed by atoms with Crippen LogP contribution in [0.25, 0.3) is 5.65 Å². The zero-order chi connectivity index (χ0) is 14.2. The molecule has 1 saturated carbocycles. The van der Waals surface area contributed by atoms with E-state index in [0.717, 1.165) is 37.4 Å². The molecule has 2 aromatic rings. The molecular formula is C14H17N5O2. The van der Waals surface area contributed by atoms with Gasteiger partial charge in [-0.05, 0) is 12.8 Å². The Morgan fingerprint density at radius 1 is 1.33 bits per heavy atom. The van der Waals surface area contributed by atoms with E-state index in [1.54, 1.807) is 10.7 Å². The lowest BCUT2D eigenvalue weighted by Crippen LogP contribution is -2.37. The third-order valence-electron chi connectivity index (χ3n) is 3.88. The molecule has 0 spiro atoms. The average molecular weight is 287 g/mol. The SMILES string of the molecule is O=C(Nc1cc(N2CCOCC2)n2nccc2n1)C1CC1. The summed E-state index contributed by atoms with van der Waals surface area (Å²) in [5.74, 6) is 1.78. The largest absolute Gasteiger partial charge is 0.378 e. The summed E-state index contributed by atoms with van der Waals surface area (Å²) >= 11 is 0. The van der Waals surface area contributed by atoms with Gasteiger partial charge in [0.1, 0.15) is 11.6 Å². The number of rotatable bonds is 3. The Bertz CT molecular complexity index is 673. The Labute approximate surface area is 121 Å². The van der Waals surface area contributed by atoms with Crippen LogP contribution in [0.15, 0.2) is 18.3 Å². The van der Waals surface area contributed by atoms with Crippen molar-refractivity contribution in [1.29, 1.82) is 0 Å². The topological polar surface area (TPSA) is 71.8 Å². The number of fused-ring (bicyclic) bond motifs is 1. The van der Waals surface area contributed by atoms with Crippen molar-refractivity contribution in [3.8, 4) is 0 Å². The van der Waals surface area contributed by atoms with Gasteiger partial charge in [-0.1, -0.05) is 0 Å². The predicted octanol–water partition coefficient (Wildman–Crippen LogP) is 0.914. The maximum absolute atomic E-state index is 11.9. The van der Waals surface area contributed by atoms with Gasteiger partial charge in [-0.15, -0.1) is 0 Å². The quantitative estimate of drug-likeness (QED) is 0.908. The van der Waals surface area contributed by atoms with Crippen LogP contribution in [0.1, 0.15) is 12.8 Å². The van der Waals surface area contributed by atoms with E-state index in [4.69, 9.17) is 4.74 Å². The predicted molar refractivity (Wildman–Crippen MR) is 77.4 cm³/mol. The summed E-state index contributed by atoms with van der Waals surface area (Å²) in [5, 5.41) is 7.24. The molecule has 0 radical (unpaired) electrons. The van der Waals surface area contributed by atoms with Crippen LogP contribution in [0.3, 0.4) is 0 Å². The van der Waals surface area contributed by atoms with E-state index >= 15 is 0 Å². The molecule has 110 valence electrons. The molecule has 2 aromatic heterocycles. The van der Waals surface area contributed by atoms with Crippen LogP contribution in [-0.4, -0.2) is 46.8 Å². The molecular weight excluding hydrogens is 270 g/mol. The lowest BCUT2D eigenvalue weighted by Gasteiger charge is -2.29. The molecule has 21 heavy (non-hydrogen) atoms. The van der Waals surface area contributed by atoms with Gasteiger partial charge in [0, 0.05) is 31.1 Å². The fourth-order valence-electron chi connectivity index (χ4n) is 2.55. The van der Waals surface area contributed by atoms with Gasteiger partial charge >= 0.3 is 0 Å². The summed E-state index contributed by atoms with van der Waals surface area (Å²) < 4.78 is 7.20. The zero-order valence-corrected chi connectivity index (χ0v) is 11.7. The standard InChI is InChI=1S/C14H17N5O2/c20-14(10-1-2-10)17-11-9-13(18-5-7-21-8-6-18)19-12(16-11)3-4-15-19/h3-4,9-10H,1-2,5-8H2,(H,16,17,20). The number of hydrogen-bond acceptors (Lipinski definition) is 5. The minimum atomic E-state index is 0.0688. The number of aromatic nitrogens is 3. The van der Waals surface area contributed by atoms with Crippen LogP contribution < -0.4 is 10.2 Å². The summed E-state index contributed by atoms with van der Waals surface area (Å²) in [5.41, 5.74) is 0.741. The van der Waals surface area contributed by atoms with Crippen LogP contribution in [0.5, 0.6) is 0 Å². The van der Waals surface area contributed by atoms with Gasteiger partial charge in [-0.25, -0.2) is 4.98 Å². The third-order valence-corrected chi connectivity index (χ3v) is 3.88. The highest BCUT2D eigenvalue weighted by Crippen LogP contribution is 2.30. The van der Waals surface area contributed by atoms with Gasteiger partial charge in [-0.2, -0.15) is 9.61 Å². The van der Waals surface area contributed by atoms with Crippen molar-refractivity contribution in [1.82, 2.24) is 14.6 Å². The van der Waals surface area contributed by atoms with Crippen LogP contribution in [0.2, 0.25) is 0 Å². The number of carbonyl (C=O) groups excluding carboxylic acids is 1. The van der Waals surface area contributed by atoms with Crippen LogP contribution in [0, 0.1) is 5.92 Å². The van der Waals surface area contributed by atoms with Crippen LogP contribution in [-0.2, 0) is 9.53 Å². The average Bonchev–Trinajstić information content (AvgIpc) is 3.26. The molecule has 1 N–H and O–H groups in total. The Hall–Kier alpha value is -2.15. The second kappa shape index (κ2) is 5.00. The minimum Gasteiger partial charge on any atom is -0.378 e. The number of ether oxygens (including phenoxy) is 1. The van der Waals surface area contributed by atoms with E-state index in [1.807, 2.05) is 12.1 Å². The molecule has 3 heterocycles. The summed E-state index contributed by atoms with van der Waals surface area (Å²) in [6.07, 6.45) is 3.69. The molecule has 0 unspecified atom stereocenters. The number of nitrogens with one attached hydrogen (secondary N) is 1. The van der Waals surface area contributed by atoms with Crippen LogP contribution in [0.4, 0.5) is 11.6 Å². The summed E-state index contributed by atoms with van der Waals surface area (Å²) in [7, 11) is 0. The van der Waals surface area contributed by atoms with E-state index in [9.17, 15) is 4.79 Å². The number of amides is 1. The molecule has 2 fully saturated rings. The van der Waals surface area contributed by atoms with Gasteiger partial charge in [0.2, 0.25) is 5.91 Å². The number of anilines is 2. The normalized spacial score (nSPS) is 19.0. The van der Waals surface area contributed by atoms with Gasteiger partial charge in [0.05, 0.1) is 19.4 Å². The Morgan fingerprint density at radius 3 is 2.90 bits per heavy atom. The molecule has 0 bridgehead atoms. The van der Waals surface area contributed by atoms with Crippen molar-refractivity contribution in [2.75, 3.05) is 36.5 Å². The molecule has 1 amide bonds. The lowest BCUT2D eigenvalue weighted by molar-refractivity contribution is -0.117. The maximum atomic E-state index is 11.9. The van der Waals surface area contributed by atoms with Gasteiger partial charge in [-0.3, -0.25) is 4.79 Å². The third kappa shape index (κ3) is 2.44. The summed E-state index contributed by atoms with van der Waals surface area (Å²) in [6, 6.07) is 3.74. The first-order chi connectivity index (χ1) is 10.3. The van der Waals surface area contributed by atoms with Crippen molar-refractivity contribution in [3.05, 3.63) is 18.3 Å². The fourth-order valence-corrected chi connectivity index (χ4v) is 2.55. The van der Waals surface area contributed by atoms with E-state index in [1.165, 1.54) is 0 Å². The second-order valence-corrected chi connectivity index (χ2v) is 5.46. The first kappa shape index (κ1) is 12.6. The van der Waals surface area contributed by atoms with E-state index in [0.29, 0.717) is 19.0 Å². The first-order valence-corrected chi connectivity index (χ1v) is 7.29. The Balaban J connectivity index is 1.69. The molecule has 4 rings (SSSR count). The fraction of sp³-hybridized carbons (Fsp3) is 0.500. The number of hydrogen-bond donors (Lipinski definition) is 1. The van der Waals surface area contributed by atoms with Crippen molar-refractivity contribution in [2.24, 2.45) is 5.92 Å². The van der Waals surface area contributed by atoms with E-state index in [2.05, 4.69) is 20.3 Å². The molecule has 0 atom stereocenters. The molecule has 2 aliphatic rings. The molecule has 1 aliphatic carbocycles. The highest BCUT2D eigenvalue weighted by molar-refractivity contribution is 5.93. The molecule has 7 nitrogen and oxygen atoms in total. The smallest absolute Gasteiger partial charge is 0.228 e. The Kier molecular flexibility index (Phi) is 2.99. The first-order valence-electron chi connectivity index (χ1n) is 7.29. The highest BCUT2D eigenvalue weighted by Gasteiger charge is 2.30. The summed E-state index contributed by atoms with van der Waals surface area (Å²) in [6.45, 7) is 3.04. The number of morpholine rings is 1. The van der Waals surface area contributed by atoms with Crippen molar-refractivity contribution < 1.29 is 9.53 Å². The van der Waals surface area contributed by atoms with E-state index < -0.39 is 0 Å². The minimum absolute atomic E-state index is 0.0688. The van der Waals surface area contributed by atoms with Gasteiger partial charge < -0.3 is 15.0 Å². The highest BCUT2D eigenvalue weighted by atomic mass is 16.5. The number of nitrogens with zero attached hydrogens (tertiary/aromatic N) is 4. The Morgan fingerprint density at radius 2 is 2.14 bits per heavy atom. The second-order valence-electron chi connectivity index (χ2n) is 5.46. The monoisotopic (exact) mass is 287 g/mol. The molecule has 0 aromatic carbocycles. The molecule has 1 aliphatic heterocycles. The number of carbonyl (C=O) groups is 1. The molecule has 1 saturated heterocycles. The van der Waals surface area contributed by atoms with Gasteiger partial charge in [0.15, 0.2) is 5.65 Å². The van der Waals surface area contributed by atoms with Crippen molar-refractivity contribution >= 4 is 23.2 Å².